The second kappa shape index (κ2) is 5.91. The van der Waals surface area contributed by atoms with Crippen LogP contribution in [0.4, 0.5) is 0 Å². The van der Waals surface area contributed by atoms with Gasteiger partial charge in [-0.1, -0.05) is 22.5 Å². The minimum atomic E-state index is 0.608. The van der Waals surface area contributed by atoms with Crippen LogP contribution in [-0.2, 0) is 6.54 Å². The fourth-order valence-corrected chi connectivity index (χ4v) is 2.83. The fraction of sp³-hybridized carbons (Fsp3) is 0.800. The minimum Gasteiger partial charge on any atom is -0.318 e. The first-order valence-corrected chi connectivity index (χ1v) is 6.81. The van der Waals surface area contributed by atoms with Crippen LogP contribution in [0.5, 0.6) is 0 Å². The lowest BCUT2D eigenvalue weighted by Gasteiger charge is -2.35. The summed E-state index contributed by atoms with van der Waals surface area (Å²) in [6, 6.07) is 0.608. The first-order chi connectivity index (χ1) is 7.81. The molecule has 0 saturated carbocycles. The first kappa shape index (κ1) is 12.2. The molecular formula is C10H17ClN4S. The van der Waals surface area contributed by atoms with Gasteiger partial charge in [0.2, 0.25) is 0 Å². The standard InChI is InChI=1S/C10H17ClN4S/c1-12-6-8-4-2-3-5-15(8)7-9-10(11)16-14-13-9/h8,12H,2-7H2,1H3. The van der Waals surface area contributed by atoms with E-state index in [0.29, 0.717) is 6.04 Å². The van der Waals surface area contributed by atoms with E-state index in [9.17, 15) is 0 Å². The van der Waals surface area contributed by atoms with E-state index in [1.807, 2.05) is 7.05 Å². The van der Waals surface area contributed by atoms with Crippen molar-refractivity contribution in [3.63, 3.8) is 0 Å². The van der Waals surface area contributed by atoms with Gasteiger partial charge in [-0.3, -0.25) is 4.90 Å². The van der Waals surface area contributed by atoms with Crippen molar-refractivity contribution in [2.75, 3.05) is 20.1 Å². The van der Waals surface area contributed by atoms with Crippen molar-refractivity contribution >= 4 is 23.1 Å². The van der Waals surface area contributed by atoms with E-state index in [1.165, 1.54) is 30.8 Å². The Labute approximate surface area is 105 Å². The molecule has 2 heterocycles. The third kappa shape index (κ3) is 2.91. The zero-order valence-electron chi connectivity index (χ0n) is 9.45. The number of likely N-dealkylation sites (tertiary alicyclic amines) is 1. The predicted molar refractivity (Wildman–Crippen MR) is 66.9 cm³/mol. The molecule has 1 N–H and O–H groups in total. The van der Waals surface area contributed by atoms with Gasteiger partial charge in [0.15, 0.2) is 0 Å². The van der Waals surface area contributed by atoms with Crippen molar-refractivity contribution < 1.29 is 0 Å². The van der Waals surface area contributed by atoms with Crippen LogP contribution in [0.3, 0.4) is 0 Å². The highest BCUT2D eigenvalue weighted by atomic mass is 35.5. The molecule has 0 radical (unpaired) electrons. The molecule has 0 spiro atoms. The quantitative estimate of drug-likeness (QED) is 0.896. The van der Waals surface area contributed by atoms with Crippen LogP contribution in [-0.4, -0.2) is 40.7 Å². The summed E-state index contributed by atoms with van der Waals surface area (Å²) < 4.78 is 4.61. The molecular weight excluding hydrogens is 244 g/mol. The van der Waals surface area contributed by atoms with Crippen LogP contribution in [0.15, 0.2) is 0 Å². The Hall–Kier alpha value is -0.230. The molecule has 1 fully saturated rings. The lowest BCUT2D eigenvalue weighted by molar-refractivity contribution is 0.137. The van der Waals surface area contributed by atoms with Crippen molar-refractivity contribution in [1.82, 2.24) is 19.8 Å². The Kier molecular flexibility index (Phi) is 4.52. The molecule has 0 aliphatic carbocycles. The number of aromatic nitrogens is 2. The number of hydrogen-bond acceptors (Lipinski definition) is 5. The molecule has 0 bridgehead atoms. The topological polar surface area (TPSA) is 41.0 Å². The van der Waals surface area contributed by atoms with Crippen LogP contribution in [0.2, 0.25) is 4.34 Å². The zero-order chi connectivity index (χ0) is 11.4. The number of halogens is 1. The molecule has 6 heteroatoms. The van der Waals surface area contributed by atoms with Gasteiger partial charge in [-0.2, -0.15) is 0 Å². The molecule has 90 valence electrons. The largest absolute Gasteiger partial charge is 0.318 e. The van der Waals surface area contributed by atoms with Crippen LogP contribution >= 0.6 is 23.1 Å². The van der Waals surface area contributed by atoms with E-state index in [2.05, 4.69) is 19.8 Å². The highest BCUT2D eigenvalue weighted by Crippen LogP contribution is 2.23. The van der Waals surface area contributed by atoms with Gasteiger partial charge in [-0.15, -0.1) is 5.10 Å². The molecule has 16 heavy (non-hydrogen) atoms. The van der Waals surface area contributed by atoms with Gasteiger partial charge >= 0.3 is 0 Å². The summed E-state index contributed by atoms with van der Waals surface area (Å²) in [4.78, 5) is 2.46. The highest BCUT2D eigenvalue weighted by molar-refractivity contribution is 7.10. The Morgan fingerprint density at radius 1 is 1.56 bits per heavy atom. The zero-order valence-corrected chi connectivity index (χ0v) is 11.0. The molecule has 1 unspecified atom stereocenters. The van der Waals surface area contributed by atoms with Gasteiger partial charge in [-0.05, 0) is 26.4 Å². The molecule has 2 rings (SSSR count). The van der Waals surface area contributed by atoms with Crippen LogP contribution < -0.4 is 5.32 Å². The van der Waals surface area contributed by atoms with E-state index in [0.717, 1.165) is 29.7 Å². The second-order valence-electron chi connectivity index (χ2n) is 4.17. The maximum atomic E-state index is 6.04. The van der Waals surface area contributed by atoms with Crippen molar-refractivity contribution in [2.45, 2.75) is 31.8 Å². The molecule has 1 aliphatic heterocycles. The van der Waals surface area contributed by atoms with E-state index in [-0.39, 0.29) is 0 Å². The summed E-state index contributed by atoms with van der Waals surface area (Å²) in [6.07, 6.45) is 3.86. The molecule has 0 amide bonds. The maximum absolute atomic E-state index is 6.04. The Balaban J connectivity index is 1.98. The molecule has 0 aromatic carbocycles. The van der Waals surface area contributed by atoms with Gasteiger partial charge in [-0.25, -0.2) is 0 Å². The first-order valence-electron chi connectivity index (χ1n) is 5.66. The number of nitrogens with zero attached hydrogens (tertiary/aromatic N) is 3. The summed E-state index contributed by atoms with van der Waals surface area (Å²) in [5, 5.41) is 7.33. The molecule has 1 aromatic heterocycles. The molecule has 1 atom stereocenters. The fourth-order valence-electron chi connectivity index (χ4n) is 2.22. The van der Waals surface area contributed by atoms with Gasteiger partial charge in [0, 0.05) is 30.7 Å². The van der Waals surface area contributed by atoms with Crippen molar-refractivity contribution in [2.24, 2.45) is 0 Å². The molecule has 4 nitrogen and oxygen atoms in total. The third-order valence-electron chi connectivity index (χ3n) is 3.05. The number of likely N-dealkylation sites (N-methyl/N-ethyl adjacent to an activating group) is 1. The van der Waals surface area contributed by atoms with Gasteiger partial charge in [0.05, 0.1) is 0 Å². The number of rotatable bonds is 4. The van der Waals surface area contributed by atoms with Crippen LogP contribution in [0.25, 0.3) is 0 Å². The minimum absolute atomic E-state index is 0.608. The van der Waals surface area contributed by atoms with Gasteiger partial charge in [0.25, 0.3) is 0 Å². The van der Waals surface area contributed by atoms with E-state index >= 15 is 0 Å². The van der Waals surface area contributed by atoms with Crippen LogP contribution in [0.1, 0.15) is 25.0 Å². The van der Waals surface area contributed by atoms with E-state index in [1.54, 1.807) is 0 Å². The Morgan fingerprint density at radius 2 is 2.44 bits per heavy atom. The van der Waals surface area contributed by atoms with E-state index in [4.69, 9.17) is 11.6 Å². The normalized spacial score (nSPS) is 22.5. The molecule has 1 saturated heterocycles. The van der Waals surface area contributed by atoms with Gasteiger partial charge < -0.3 is 5.32 Å². The third-order valence-corrected chi connectivity index (χ3v) is 4.04. The monoisotopic (exact) mass is 260 g/mol. The highest BCUT2D eigenvalue weighted by Gasteiger charge is 2.23. The second-order valence-corrected chi connectivity index (χ2v) is 5.53. The average Bonchev–Trinajstić information content (AvgIpc) is 2.68. The maximum Gasteiger partial charge on any atom is 0.138 e. The summed E-state index contributed by atoms with van der Waals surface area (Å²) in [6.45, 7) is 3.01. The molecule has 1 aliphatic rings. The van der Waals surface area contributed by atoms with Crippen LogP contribution in [0, 0.1) is 0 Å². The lowest BCUT2D eigenvalue weighted by atomic mass is 10.0. The van der Waals surface area contributed by atoms with Crippen molar-refractivity contribution in [3.05, 3.63) is 10.0 Å². The Bertz CT molecular complexity index is 328. The smallest absolute Gasteiger partial charge is 0.138 e. The summed E-state index contributed by atoms with van der Waals surface area (Å²) in [7, 11) is 2.00. The SMILES string of the molecule is CNCC1CCCCN1Cc1nnsc1Cl. The molecule has 1 aromatic rings. The van der Waals surface area contributed by atoms with Crippen molar-refractivity contribution in [3.8, 4) is 0 Å². The average molecular weight is 261 g/mol. The van der Waals surface area contributed by atoms with E-state index < -0.39 is 0 Å². The summed E-state index contributed by atoms with van der Waals surface area (Å²) in [5.41, 5.74) is 0.926. The summed E-state index contributed by atoms with van der Waals surface area (Å²) in [5.74, 6) is 0. The number of hydrogen-bond donors (Lipinski definition) is 1. The van der Waals surface area contributed by atoms with Gasteiger partial charge in [0.1, 0.15) is 10.0 Å². The summed E-state index contributed by atoms with van der Waals surface area (Å²) >= 11 is 7.30. The predicted octanol–water partition coefficient (Wildman–Crippen LogP) is 1.77. The lowest BCUT2D eigenvalue weighted by Crippen LogP contribution is -2.44. The number of nitrogens with one attached hydrogen (secondary N) is 1. The Morgan fingerprint density at radius 3 is 3.12 bits per heavy atom. The van der Waals surface area contributed by atoms with Crippen molar-refractivity contribution in [1.29, 1.82) is 0 Å². The number of piperidine rings is 1.